The van der Waals surface area contributed by atoms with E-state index in [2.05, 4.69) is 31.1 Å². The molecule has 1 N–H and O–H groups in total. The van der Waals surface area contributed by atoms with Crippen LogP contribution in [0.2, 0.25) is 0 Å². The first-order valence-electron chi connectivity index (χ1n) is 7.01. The van der Waals surface area contributed by atoms with Crippen molar-refractivity contribution < 1.29 is 13.2 Å². The molecule has 1 aromatic heterocycles. The molecular formula is C16H20F2N2O. The van der Waals surface area contributed by atoms with Crippen molar-refractivity contribution in [3.63, 3.8) is 0 Å². The molecule has 0 atom stereocenters. The number of nitrogens with zero attached hydrogens (tertiary/aromatic N) is 1. The molecule has 2 aromatic rings. The maximum atomic E-state index is 13.7. The van der Waals surface area contributed by atoms with E-state index in [0.717, 1.165) is 19.0 Å². The second kappa shape index (κ2) is 6.35. The largest absolute Gasteiger partial charge is 0.441 e. The highest BCUT2D eigenvalue weighted by Crippen LogP contribution is 2.25. The van der Waals surface area contributed by atoms with E-state index >= 15 is 0 Å². The Morgan fingerprint density at radius 1 is 1.24 bits per heavy atom. The Bertz CT molecular complexity index is 603. The average molecular weight is 294 g/mol. The van der Waals surface area contributed by atoms with E-state index in [1.54, 1.807) is 0 Å². The van der Waals surface area contributed by atoms with Crippen LogP contribution in [0.25, 0.3) is 11.3 Å². The molecule has 0 saturated heterocycles. The molecule has 0 amide bonds. The Hall–Kier alpha value is -1.75. The molecule has 0 aliphatic heterocycles. The second-order valence-electron chi connectivity index (χ2n) is 6.00. The van der Waals surface area contributed by atoms with Gasteiger partial charge in [0.05, 0.1) is 11.8 Å². The summed E-state index contributed by atoms with van der Waals surface area (Å²) in [5.74, 6) is -1.01. The Labute approximate surface area is 123 Å². The van der Waals surface area contributed by atoms with Gasteiger partial charge in [-0.25, -0.2) is 13.8 Å². The fourth-order valence-corrected chi connectivity index (χ4v) is 1.95. The molecule has 0 fully saturated rings. The molecule has 0 bridgehead atoms. The maximum absolute atomic E-state index is 13.7. The molecule has 0 unspecified atom stereocenters. The van der Waals surface area contributed by atoms with Gasteiger partial charge in [0.1, 0.15) is 0 Å². The van der Waals surface area contributed by atoms with Gasteiger partial charge >= 0.3 is 0 Å². The summed E-state index contributed by atoms with van der Waals surface area (Å²) in [4.78, 5) is 4.11. The summed E-state index contributed by atoms with van der Waals surface area (Å²) >= 11 is 0. The van der Waals surface area contributed by atoms with Gasteiger partial charge in [-0.15, -0.1) is 0 Å². The minimum absolute atomic E-state index is 0.0758. The summed E-state index contributed by atoms with van der Waals surface area (Å²) in [5, 5.41) is 3.37. The normalized spacial score (nSPS) is 11.9. The summed E-state index contributed by atoms with van der Waals surface area (Å²) < 4.78 is 32.3. The molecule has 5 heteroatoms. The number of oxazole rings is 1. The summed E-state index contributed by atoms with van der Waals surface area (Å²) in [6.07, 6.45) is 2.95. The molecule has 0 spiro atoms. The first-order chi connectivity index (χ1) is 9.87. The molecule has 2 rings (SSSR count). The van der Waals surface area contributed by atoms with Crippen molar-refractivity contribution in [3.8, 4) is 11.3 Å². The Morgan fingerprint density at radius 2 is 2.00 bits per heavy atom. The number of aromatic nitrogens is 1. The maximum Gasteiger partial charge on any atom is 0.194 e. The molecule has 0 saturated carbocycles. The first kappa shape index (κ1) is 15.6. The number of aryl methyl sites for hydroxylation is 1. The predicted octanol–water partition coefficient (Wildman–Crippen LogP) is 3.94. The van der Waals surface area contributed by atoms with E-state index in [1.807, 2.05) is 0 Å². The van der Waals surface area contributed by atoms with E-state index in [1.165, 1.54) is 18.3 Å². The van der Waals surface area contributed by atoms with Crippen molar-refractivity contribution in [3.05, 3.63) is 41.9 Å². The van der Waals surface area contributed by atoms with Crippen molar-refractivity contribution in [1.29, 1.82) is 0 Å². The van der Waals surface area contributed by atoms with Gasteiger partial charge in [0.15, 0.2) is 23.3 Å². The third-order valence-electron chi connectivity index (χ3n) is 2.99. The Morgan fingerprint density at radius 3 is 2.71 bits per heavy atom. The van der Waals surface area contributed by atoms with Gasteiger partial charge in [0, 0.05) is 12.0 Å². The second-order valence-corrected chi connectivity index (χ2v) is 6.00. The summed E-state index contributed by atoms with van der Waals surface area (Å²) in [7, 11) is 0. The minimum atomic E-state index is -0.908. The van der Waals surface area contributed by atoms with Crippen molar-refractivity contribution >= 4 is 0 Å². The van der Waals surface area contributed by atoms with Crippen molar-refractivity contribution in [2.75, 3.05) is 6.54 Å². The number of halogens is 2. The van der Waals surface area contributed by atoms with E-state index < -0.39 is 11.6 Å². The molecule has 0 aliphatic carbocycles. The smallest absolute Gasteiger partial charge is 0.194 e. The molecule has 0 aliphatic rings. The monoisotopic (exact) mass is 294 g/mol. The van der Waals surface area contributed by atoms with Gasteiger partial charge in [-0.3, -0.25) is 0 Å². The van der Waals surface area contributed by atoms with E-state index in [9.17, 15) is 8.78 Å². The van der Waals surface area contributed by atoms with Crippen LogP contribution in [0.3, 0.4) is 0 Å². The Balaban J connectivity index is 1.97. The third kappa shape index (κ3) is 4.36. The van der Waals surface area contributed by atoms with Crippen LogP contribution in [0.5, 0.6) is 0 Å². The SMILES string of the molecule is CC(C)(C)NCCCc1ncc(-c2cccc(F)c2F)o1. The van der Waals surface area contributed by atoms with Crippen molar-refractivity contribution in [2.45, 2.75) is 39.2 Å². The van der Waals surface area contributed by atoms with Crippen molar-refractivity contribution in [2.24, 2.45) is 0 Å². The highest BCUT2D eigenvalue weighted by molar-refractivity contribution is 5.57. The standard InChI is InChI=1S/C16H20F2N2O/c1-16(2,3)20-9-5-8-14-19-10-13(21-14)11-6-4-7-12(17)15(11)18/h4,6-7,10,20H,5,8-9H2,1-3H3. The van der Waals surface area contributed by atoms with Crippen molar-refractivity contribution in [1.82, 2.24) is 10.3 Å². The topological polar surface area (TPSA) is 38.1 Å². The lowest BCUT2D eigenvalue weighted by Crippen LogP contribution is -2.36. The summed E-state index contributed by atoms with van der Waals surface area (Å²) in [5.41, 5.74) is 0.175. The van der Waals surface area contributed by atoms with Crippen LogP contribution in [0.1, 0.15) is 33.1 Å². The number of benzene rings is 1. The van der Waals surface area contributed by atoms with Crippen LogP contribution in [0, 0.1) is 11.6 Å². The van der Waals surface area contributed by atoms with Gasteiger partial charge in [-0.1, -0.05) is 6.07 Å². The van der Waals surface area contributed by atoms with Gasteiger partial charge in [0.2, 0.25) is 0 Å². The van der Waals surface area contributed by atoms with Gasteiger partial charge in [-0.2, -0.15) is 0 Å². The molecule has 0 radical (unpaired) electrons. The lowest BCUT2D eigenvalue weighted by Gasteiger charge is -2.20. The lowest BCUT2D eigenvalue weighted by molar-refractivity contribution is 0.412. The fourth-order valence-electron chi connectivity index (χ4n) is 1.95. The van der Waals surface area contributed by atoms with Crippen LogP contribution in [-0.2, 0) is 6.42 Å². The highest BCUT2D eigenvalue weighted by atomic mass is 19.2. The highest BCUT2D eigenvalue weighted by Gasteiger charge is 2.14. The lowest BCUT2D eigenvalue weighted by atomic mass is 10.1. The number of hydrogen-bond acceptors (Lipinski definition) is 3. The first-order valence-corrected chi connectivity index (χ1v) is 7.01. The zero-order valence-corrected chi connectivity index (χ0v) is 12.5. The summed E-state index contributed by atoms with van der Waals surface area (Å²) in [6, 6.07) is 4.00. The Kier molecular flexibility index (Phi) is 4.73. The molecule has 114 valence electrons. The zero-order valence-electron chi connectivity index (χ0n) is 12.5. The van der Waals surface area contributed by atoms with Crippen LogP contribution < -0.4 is 5.32 Å². The van der Waals surface area contributed by atoms with E-state index in [0.29, 0.717) is 12.3 Å². The molecular weight excluding hydrogens is 274 g/mol. The zero-order chi connectivity index (χ0) is 15.5. The van der Waals surface area contributed by atoms with Crippen LogP contribution in [0.4, 0.5) is 8.78 Å². The third-order valence-corrected chi connectivity index (χ3v) is 2.99. The summed E-state index contributed by atoms with van der Waals surface area (Å²) in [6.45, 7) is 7.14. The quantitative estimate of drug-likeness (QED) is 0.849. The fraction of sp³-hybridized carbons (Fsp3) is 0.438. The number of hydrogen-bond donors (Lipinski definition) is 1. The number of rotatable bonds is 5. The molecule has 21 heavy (non-hydrogen) atoms. The molecule has 1 aromatic carbocycles. The van der Waals surface area contributed by atoms with Gasteiger partial charge in [-0.05, 0) is 45.9 Å². The van der Waals surface area contributed by atoms with E-state index in [4.69, 9.17) is 4.42 Å². The average Bonchev–Trinajstić information content (AvgIpc) is 2.85. The van der Waals surface area contributed by atoms with Crippen LogP contribution in [0.15, 0.2) is 28.8 Å². The van der Waals surface area contributed by atoms with Crippen LogP contribution >= 0.6 is 0 Å². The molecule has 1 heterocycles. The van der Waals surface area contributed by atoms with Gasteiger partial charge in [0.25, 0.3) is 0 Å². The molecule has 3 nitrogen and oxygen atoms in total. The van der Waals surface area contributed by atoms with Crippen LogP contribution in [-0.4, -0.2) is 17.1 Å². The predicted molar refractivity (Wildman–Crippen MR) is 77.9 cm³/mol. The van der Waals surface area contributed by atoms with Gasteiger partial charge < -0.3 is 9.73 Å². The minimum Gasteiger partial charge on any atom is -0.441 e. The van der Waals surface area contributed by atoms with E-state index in [-0.39, 0.29) is 16.9 Å². The number of nitrogens with one attached hydrogen (secondary N) is 1.